The summed E-state index contributed by atoms with van der Waals surface area (Å²) in [7, 11) is 0. The summed E-state index contributed by atoms with van der Waals surface area (Å²) in [5, 5.41) is 8.62. The first-order valence-corrected chi connectivity index (χ1v) is 11.3. The lowest BCUT2D eigenvalue weighted by atomic mass is 10.0. The zero-order valence-corrected chi connectivity index (χ0v) is 19.4. The van der Waals surface area contributed by atoms with E-state index in [0.717, 1.165) is 11.3 Å². The summed E-state index contributed by atoms with van der Waals surface area (Å²) in [5.41, 5.74) is -2.31. The van der Waals surface area contributed by atoms with Crippen LogP contribution >= 0.6 is 11.3 Å². The second-order valence-corrected chi connectivity index (χ2v) is 8.75. The highest BCUT2D eigenvalue weighted by molar-refractivity contribution is 7.12. The molecular formula is C23H14F6N4O3S. The van der Waals surface area contributed by atoms with E-state index in [4.69, 9.17) is 9.47 Å². The molecule has 1 N–H and O–H groups in total. The van der Waals surface area contributed by atoms with Crippen LogP contribution in [0.1, 0.15) is 27.2 Å². The van der Waals surface area contributed by atoms with Gasteiger partial charge in [0.1, 0.15) is 5.82 Å². The van der Waals surface area contributed by atoms with Crippen LogP contribution in [0.15, 0.2) is 47.8 Å². The van der Waals surface area contributed by atoms with Crippen LogP contribution in [0.3, 0.4) is 0 Å². The van der Waals surface area contributed by atoms with Gasteiger partial charge in [0, 0.05) is 22.6 Å². The van der Waals surface area contributed by atoms with Gasteiger partial charge in [-0.3, -0.25) is 4.79 Å². The first kappa shape index (κ1) is 24.6. The maximum Gasteiger partial charge on any atom is 0.416 e. The number of hydrogen-bond acceptors (Lipinski definition) is 6. The SMILES string of the molecule is Cc1cc(NC(=O)c2cc(C(F)(F)F)cc(C(F)(F)F)c2)n(-c2nc(-c3ccc4c(c3)OCO4)cs2)n1. The van der Waals surface area contributed by atoms with Gasteiger partial charge in [0.2, 0.25) is 11.9 Å². The summed E-state index contributed by atoms with van der Waals surface area (Å²) in [5.74, 6) is -0.0187. The van der Waals surface area contributed by atoms with E-state index in [0.29, 0.717) is 45.7 Å². The number of aromatic nitrogens is 3. The summed E-state index contributed by atoms with van der Waals surface area (Å²) < 4.78 is 91.1. The van der Waals surface area contributed by atoms with Crippen molar-refractivity contribution < 1.29 is 40.6 Å². The maximum atomic E-state index is 13.2. The lowest BCUT2D eigenvalue weighted by Crippen LogP contribution is -2.18. The fraction of sp³-hybridized carbons (Fsp3) is 0.174. The van der Waals surface area contributed by atoms with Crippen LogP contribution in [-0.4, -0.2) is 27.5 Å². The second-order valence-electron chi connectivity index (χ2n) is 7.91. The molecule has 0 spiro atoms. The number of benzene rings is 2. The van der Waals surface area contributed by atoms with Crippen molar-refractivity contribution in [2.24, 2.45) is 0 Å². The molecule has 0 unspecified atom stereocenters. The summed E-state index contributed by atoms with van der Waals surface area (Å²) in [4.78, 5) is 17.3. The summed E-state index contributed by atoms with van der Waals surface area (Å²) >= 11 is 1.16. The van der Waals surface area contributed by atoms with E-state index in [2.05, 4.69) is 15.4 Å². The highest BCUT2D eigenvalue weighted by atomic mass is 32.1. The van der Waals surface area contributed by atoms with Crippen molar-refractivity contribution in [2.45, 2.75) is 19.3 Å². The Morgan fingerprint density at radius 3 is 2.32 bits per heavy atom. The molecule has 14 heteroatoms. The molecule has 2 aromatic heterocycles. The molecule has 7 nitrogen and oxygen atoms in total. The van der Waals surface area contributed by atoms with E-state index < -0.39 is 35.0 Å². The number of thiazole rings is 1. The Bertz CT molecular complexity index is 1480. The van der Waals surface area contributed by atoms with Crippen molar-refractivity contribution in [3.63, 3.8) is 0 Å². The molecule has 1 aliphatic rings. The van der Waals surface area contributed by atoms with Crippen molar-refractivity contribution in [3.8, 4) is 27.9 Å². The number of amides is 1. The molecule has 1 amide bonds. The van der Waals surface area contributed by atoms with Gasteiger partial charge in [-0.2, -0.15) is 36.1 Å². The number of alkyl halides is 6. The van der Waals surface area contributed by atoms with Crippen molar-refractivity contribution in [1.82, 2.24) is 14.8 Å². The molecule has 37 heavy (non-hydrogen) atoms. The van der Waals surface area contributed by atoms with Crippen LogP contribution < -0.4 is 14.8 Å². The Kier molecular flexibility index (Phi) is 5.85. The molecule has 0 fully saturated rings. The third kappa shape index (κ3) is 4.96. The second kappa shape index (κ2) is 8.80. The molecule has 0 bridgehead atoms. The lowest BCUT2D eigenvalue weighted by Gasteiger charge is -2.14. The number of nitrogens with one attached hydrogen (secondary N) is 1. The lowest BCUT2D eigenvalue weighted by molar-refractivity contribution is -0.143. The molecule has 0 radical (unpaired) electrons. The Labute approximate surface area is 208 Å². The van der Waals surface area contributed by atoms with Crippen LogP contribution in [0, 0.1) is 6.92 Å². The molecule has 0 saturated carbocycles. The van der Waals surface area contributed by atoms with Crippen LogP contribution in [0.4, 0.5) is 32.2 Å². The maximum absolute atomic E-state index is 13.2. The first-order valence-electron chi connectivity index (χ1n) is 10.4. The number of ether oxygens (including phenoxy) is 2. The Balaban J connectivity index is 1.45. The number of aryl methyl sites for hydroxylation is 1. The number of fused-ring (bicyclic) bond motifs is 1. The molecule has 0 atom stereocenters. The third-order valence-electron chi connectivity index (χ3n) is 5.26. The van der Waals surface area contributed by atoms with Crippen molar-refractivity contribution in [3.05, 3.63) is 70.2 Å². The third-order valence-corrected chi connectivity index (χ3v) is 6.08. The van der Waals surface area contributed by atoms with E-state index in [-0.39, 0.29) is 18.7 Å². The highest BCUT2D eigenvalue weighted by Gasteiger charge is 2.37. The zero-order valence-electron chi connectivity index (χ0n) is 18.6. The topological polar surface area (TPSA) is 78.3 Å². The van der Waals surface area contributed by atoms with Crippen LogP contribution in [-0.2, 0) is 12.4 Å². The van der Waals surface area contributed by atoms with E-state index in [1.54, 1.807) is 30.5 Å². The zero-order chi connectivity index (χ0) is 26.5. The minimum Gasteiger partial charge on any atom is -0.454 e. The summed E-state index contributed by atoms with van der Waals surface area (Å²) in [6.07, 6.45) is -10.2. The molecular weight excluding hydrogens is 526 g/mol. The molecule has 192 valence electrons. The van der Waals surface area contributed by atoms with Crippen molar-refractivity contribution in [2.75, 3.05) is 12.1 Å². The number of anilines is 1. The molecule has 1 aliphatic heterocycles. The minimum atomic E-state index is -5.08. The Morgan fingerprint density at radius 2 is 1.65 bits per heavy atom. The van der Waals surface area contributed by atoms with Gasteiger partial charge in [0.25, 0.3) is 5.91 Å². The smallest absolute Gasteiger partial charge is 0.416 e. The fourth-order valence-electron chi connectivity index (χ4n) is 3.56. The van der Waals surface area contributed by atoms with Gasteiger partial charge in [-0.05, 0) is 43.3 Å². The number of nitrogens with zero attached hydrogens (tertiary/aromatic N) is 3. The predicted molar refractivity (Wildman–Crippen MR) is 120 cm³/mol. The largest absolute Gasteiger partial charge is 0.454 e. The number of carbonyl (C=O) groups is 1. The summed E-state index contributed by atoms with van der Waals surface area (Å²) in [6, 6.07) is 7.33. The molecule has 4 aromatic rings. The minimum absolute atomic E-state index is 0.0139. The first-order chi connectivity index (χ1) is 17.4. The number of carbonyl (C=O) groups excluding carboxylic acids is 1. The van der Waals surface area contributed by atoms with E-state index in [9.17, 15) is 31.1 Å². The molecule has 2 aromatic carbocycles. The number of rotatable bonds is 4. The molecule has 0 saturated heterocycles. The fourth-order valence-corrected chi connectivity index (χ4v) is 4.35. The average molecular weight is 540 g/mol. The van der Waals surface area contributed by atoms with E-state index in [1.165, 1.54) is 10.7 Å². The Morgan fingerprint density at radius 1 is 0.973 bits per heavy atom. The molecule has 3 heterocycles. The molecule has 0 aliphatic carbocycles. The van der Waals surface area contributed by atoms with Gasteiger partial charge in [0.05, 0.1) is 22.5 Å². The standard InChI is InChI=1S/C23H14F6N4O3S/c1-11-4-19(31-20(34)13-5-14(22(24,25)26)8-15(6-13)23(27,28)29)33(32-11)21-30-16(9-37-21)12-2-3-17-18(7-12)36-10-35-17/h2-9H,10H2,1H3,(H,31,34). The van der Waals surface area contributed by atoms with Crippen molar-refractivity contribution in [1.29, 1.82) is 0 Å². The quantitative estimate of drug-likeness (QED) is 0.307. The summed E-state index contributed by atoms with van der Waals surface area (Å²) in [6.45, 7) is 1.71. The van der Waals surface area contributed by atoms with Crippen LogP contribution in [0.5, 0.6) is 11.5 Å². The van der Waals surface area contributed by atoms with Gasteiger partial charge in [0.15, 0.2) is 11.5 Å². The van der Waals surface area contributed by atoms with Crippen molar-refractivity contribution >= 4 is 23.1 Å². The molecule has 5 rings (SSSR count). The van der Waals surface area contributed by atoms with Crippen LogP contribution in [0.25, 0.3) is 16.4 Å². The van der Waals surface area contributed by atoms with Crippen LogP contribution in [0.2, 0.25) is 0 Å². The van der Waals surface area contributed by atoms with Gasteiger partial charge < -0.3 is 14.8 Å². The average Bonchev–Trinajstić information content (AvgIpc) is 3.56. The monoisotopic (exact) mass is 540 g/mol. The van der Waals surface area contributed by atoms with E-state index in [1.807, 2.05) is 0 Å². The van der Waals surface area contributed by atoms with Gasteiger partial charge >= 0.3 is 12.4 Å². The predicted octanol–water partition coefficient (Wildman–Crippen LogP) is 6.32. The highest BCUT2D eigenvalue weighted by Crippen LogP contribution is 2.38. The number of hydrogen-bond donors (Lipinski definition) is 1. The van der Waals surface area contributed by atoms with Gasteiger partial charge in [-0.25, -0.2) is 4.98 Å². The van der Waals surface area contributed by atoms with Gasteiger partial charge in [-0.15, -0.1) is 11.3 Å². The normalized spacial score (nSPS) is 13.2. The van der Waals surface area contributed by atoms with Gasteiger partial charge in [-0.1, -0.05) is 0 Å². The number of halogens is 6. The Hall–Kier alpha value is -4.07. The van der Waals surface area contributed by atoms with E-state index >= 15 is 0 Å².